The van der Waals surface area contributed by atoms with Crippen LogP contribution in [0.3, 0.4) is 0 Å². The van der Waals surface area contributed by atoms with Crippen molar-refractivity contribution in [2.45, 2.75) is 6.61 Å². The normalized spacial score (nSPS) is 10.5. The van der Waals surface area contributed by atoms with Crippen molar-refractivity contribution in [3.05, 3.63) is 58.6 Å². The third kappa shape index (κ3) is 4.89. The van der Waals surface area contributed by atoms with Gasteiger partial charge in [-0.2, -0.15) is 0 Å². The van der Waals surface area contributed by atoms with Crippen molar-refractivity contribution in [1.29, 1.82) is 0 Å². The lowest BCUT2D eigenvalue weighted by Crippen LogP contribution is -2.63. The molecule has 0 aliphatic carbocycles. The topological polar surface area (TPSA) is 96.8 Å². The molecule has 0 aliphatic rings. The summed E-state index contributed by atoms with van der Waals surface area (Å²) in [6, 6.07) is 13.0. The van der Waals surface area contributed by atoms with Gasteiger partial charge in [0.05, 0.1) is 7.11 Å². The first-order valence-corrected chi connectivity index (χ1v) is 7.19. The number of rotatable bonds is 6. The van der Waals surface area contributed by atoms with E-state index in [-0.39, 0.29) is 5.96 Å². The molecule has 2 aromatic rings. The molecule has 0 amide bonds. The second-order valence-corrected chi connectivity index (χ2v) is 5.01. The third-order valence-corrected chi connectivity index (χ3v) is 3.32. The molecule has 0 bridgehead atoms. The van der Waals surface area contributed by atoms with Crippen molar-refractivity contribution in [3.63, 3.8) is 0 Å². The van der Waals surface area contributed by atoms with Crippen molar-refractivity contribution in [1.82, 2.24) is 0 Å². The molecule has 0 fully saturated rings. The summed E-state index contributed by atoms with van der Waals surface area (Å²) in [5, 5.41) is 6.96. The first kappa shape index (κ1) is 16.6. The average Bonchev–Trinajstić information content (AvgIpc) is 2.54. The molecule has 0 aliphatic heterocycles. The van der Waals surface area contributed by atoms with Crippen LogP contribution in [0.25, 0.3) is 0 Å². The largest absolute Gasteiger partial charge is 0.493 e. The molecule has 0 atom stereocenters. The Hall–Kier alpha value is -2.73. The van der Waals surface area contributed by atoms with Crippen LogP contribution in [0.15, 0.2) is 47.6 Å². The Morgan fingerprint density at radius 3 is 2.70 bits per heavy atom. The van der Waals surface area contributed by atoms with Crippen molar-refractivity contribution in [3.8, 4) is 11.5 Å². The summed E-state index contributed by atoms with van der Waals surface area (Å²) in [7, 11) is 1.57. The van der Waals surface area contributed by atoms with Gasteiger partial charge in [0.25, 0.3) is 5.96 Å². The van der Waals surface area contributed by atoms with E-state index in [0.29, 0.717) is 23.1 Å². The maximum atomic E-state index is 6.11. The molecule has 2 aromatic carbocycles. The van der Waals surface area contributed by atoms with Gasteiger partial charge in [0.2, 0.25) is 6.21 Å². The zero-order chi connectivity index (χ0) is 16.7. The Morgan fingerprint density at radius 2 is 2.00 bits per heavy atom. The number of hydrazone groups is 1. The number of benzene rings is 2. The third-order valence-electron chi connectivity index (χ3n) is 2.95. The highest BCUT2D eigenvalue weighted by molar-refractivity contribution is 6.31. The van der Waals surface area contributed by atoms with Gasteiger partial charge in [-0.3, -0.25) is 0 Å². The van der Waals surface area contributed by atoms with E-state index in [1.165, 1.54) is 0 Å². The number of halogens is 1. The predicted molar refractivity (Wildman–Crippen MR) is 90.7 cm³/mol. The number of hydrogen-bond acceptors (Lipinski definition) is 3. The lowest BCUT2D eigenvalue weighted by molar-refractivity contribution is -0.456. The lowest BCUT2D eigenvalue weighted by atomic mass is 10.2. The van der Waals surface area contributed by atoms with Crippen LogP contribution in [0.5, 0.6) is 11.5 Å². The summed E-state index contributed by atoms with van der Waals surface area (Å²) in [6.45, 7) is 0.353. The second kappa shape index (κ2) is 8.05. The highest BCUT2D eigenvalue weighted by Gasteiger charge is 2.08. The minimum Gasteiger partial charge on any atom is -0.493 e. The zero-order valence-corrected chi connectivity index (χ0v) is 13.4. The maximum absolute atomic E-state index is 6.11. The van der Waals surface area contributed by atoms with Crippen LogP contribution in [0.2, 0.25) is 5.02 Å². The van der Waals surface area contributed by atoms with E-state index >= 15 is 0 Å². The quantitative estimate of drug-likeness (QED) is 0.410. The molecule has 0 aromatic heterocycles. The molecule has 120 valence electrons. The molecule has 23 heavy (non-hydrogen) atoms. The lowest BCUT2D eigenvalue weighted by Gasteiger charge is -2.11. The van der Waals surface area contributed by atoms with Crippen LogP contribution >= 0.6 is 11.6 Å². The fourth-order valence-corrected chi connectivity index (χ4v) is 2.04. The minimum atomic E-state index is -0.0482. The van der Waals surface area contributed by atoms with Crippen LogP contribution < -0.4 is 26.0 Å². The molecule has 0 unspecified atom stereocenters. The molecule has 6 nitrogen and oxygen atoms in total. The van der Waals surface area contributed by atoms with Gasteiger partial charge in [0, 0.05) is 21.3 Å². The first-order chi connectivity index (χ1) is 11.1. The van der Waals surface area contributed by atoms with Crippen LogP contribution in [-0.4, -0.2) is 19.3 Å². The summed E-state index contributed by atoms with van der Waals surface area (Å²) < 4.78 is 11.1. The fraction of sp³-hybridized carbons (Fsp3) is 0.125. The molecule has 0 saturated carbocycles. The van der Waals surface area contributed by atoms with Gasteiger partial charge in [-0.1, -0.05) is 29.8 Å². The molecule has 5 N–H and O–H groups in total. The maximum Gasteiger partial charge on any atom is 0.256 e. The van der Waals surface area contributed by atoms with Gasteiger partial charge in [-0.25, -0.2) is 0 Å². The summed E-state index contributed by atoms with van der Waals surface area (Å²) in [5.74, 6) is 1.16. The summed E-state index contributed by atoms with van der Waals surface area (Å²) in [6.07, 6.45) is 1.64. The smallest absolute Gasteiger partial charge is 0.256 e. The summed E-state index contributed by atoms with van der Waals surface area (Å²) in [5.41, 5.74) is 12.2. The molecule has 0 heterocycles. The predicted octanol–water partition coefficient (Wildman–Crippen LogP) is 0.616. The van der Waals surface area contributed by atoms with E-state index in [1.807, 2.05) is 30.3 Å². The van der Waals surface area contributed by atoms with Crippen molar-refractivity contribution >= 4 is 23.8 Å². The van der Waals surface area contributed by atoms with Crippen LogP contribution in [-0.2, 0) is 6.61 Å². The van der Waals surface area contributed by atoms with Crippen molar-refractivity contribution < 1.29 is 14.6 Å². The van der Waals surface area contributed by atoms with Crippen LogP contribution in [0, 0.1) is 0 Å². The van der Waals surface area contributed by atoms with E-state index in [0.717, 1.165) is 11.1 Å². The standard InChI is InChI=1S/C16H17ClN4O2/c1-22-15-8-11(9-20-21-16(18)19)6-7-14(15)23-10-12-4-2-3-5-13(12)17/h2-9H,10H2,1H3,(H4,18,19,21)/p+1/b20-9-. The van der Waals surface area contributed by atoms with Crippen LogP contribution in [0.1, 0.15) is 11.1 Å². The molecular formula is C16H18ClN4O2+. The second-order valence-electron chi connectivity index (χ2n) is 4.60. The first-order valence-electron chi connectivity index (χ1n) is 6.82. The van der Waals surface area contributed by atoms with E-state index in [9.17, 15) is 0 Å². The van der Waals surface area contributed by atoms with Crippen molar-refractivity contribution in [2.75, 3.05) is 7.11 Å². The molecule has 7 heteroatoms. The van der Waals surface area contributed by atoms with Crippen molar-refractivity contribution in [2.24, 2.45) is 16.6 Å². The molecule has 2 rings (SSSR count). The highest BCUT2D eigenvalue weighted by Crippen LogP contribution is 2.29. The average molecular weight is 334 g/mol. The Balaban J connectivity index is 2.12. The number of nitrogens with two attached hydrogens (primary N) is 2. The Kier molecular flexibility index (Phi) is 5.82. The highest BCUT2D eigenvalue weighted by atomic mass is 35.5. The molecule has 0 radical (unpaired) electrons. The number of hydrogen-bond donors (Lipinski definition) is 3. The van der Waals surface area contributed by atoms with Crippen LogP contribution in [0.4, 0.5) is 0 Å². The minimum absolute atomic E-state index is 0.0482. The summed E-state index contributed by atoms with van der Waals surface area (Å²) >= 11 is 6.11. The van der Waals surface area contributed by atoms with Gasteiger partial charge >= 0.3 is 0 Å². The molecular weight excluding hydrogens is 316 g/mol. The number of methoxy groups -OCH3 is 1. The van der Waals surface area contributed by atoms with Gasteiger partial charge in [0.15, 0.2) is 11.5 Å². The van der Waals surface area contributed by atoms with Gasteiger partial charge in [0.1, 0.15) is 6.61 Å². The summed E-state index contributed by atoms with van der Waals surface area (Å²) in [4.78, 5) is 0. The van der Waals surface area contributed by atoms with E-state index in [2.05, 4.69) is 10.2 Å². The molecule has 0 saturated heterocycles. The SMILES string of the molecule is COc1cc(/C=[NH+]\N=C(N)N)ccc1OCc1ccccc1Cl. The molecule has 0 spiro atoms. The zero-order valence-electron chi connectivity index (χ0n) is 12.6. The Morgan fingerprint density at radius 1 is 1.22 bits per heavy atom. The van der Waals surface area contributed by atoms with E-state index < -0.39 is 0 Å². The monoisotopic (exact) mass is 333 g/mol. The number of guanidine groups is 1. The van der Waals surface area contributed by atoms with Gasteiger partial charge < -0.3 is 20.9 Å². The van der Waals surface area contributed by atoms with Gasteiger partial charge in [-0.15, -0.1) is 5.10 Å². The number of nitrogens with zero attached hydrogens (tertiary/aromatic N) is 1. The van der Waals surface area contributed by atoms with E-state index in [1.54, 1.807) is 25.5 Å². The fourth-order valence-electron chi connectivity index (χ4n) is 1.85. The van der Waals surface area contributed by atoms with E-state index in [4.69, 9.17) is 32.5 Å². The number of nitrogens with one attached hydrogen (secondary N) is 1. The van der Waals surface area contributed by atoms with Gasteiger partial charge in [-0.05, 0) is 24.3 Å². The Bertz CT molecular complexity index is 728. The Labute approximate surface area is 139 Å². The number of ether oxygens (including phenoxy) is 2.